The average molecular weight is 366 g/mol. The normalized spacial score (nSPS) is 18.8. The van der Waals surface area contributed by atoms with E-state index in [4.69, 9.17) is 11.6 Å². The summed E-state index contributed by atoms with van der Waals surface area (Å²) in [4.78, 5) is 24.8. The third kappa shape index (κ3) is 2.37. The Balaban J connectivity index is 2.34. The van der Waals surface area contributed by atoms with Gasteiger partial charge in [0, 0.05) is 5.56 Å². The molecule has 1 aliphatic rings. The second-order valence-corrected chi connectivity index (χ2v) is 7.23. The fourth-order valence-electron chi connectivity index (χ4n) is 2.61. The van der Waals surface area contributed by atoms with Gasteiger partial charge in [0.15, 0.2) is 5.78 Å². The van der Waals surface area contributed by atoms with Crippen LogP contribution in [0.2, 0.25) is 5.02 Å². The Bertz CT molecular complexity index is 941. The molecular formula is C16H12ClNO5S. The number of ketones is 1. The fourth-order valence-corrected chi connectivity index (χ4v) is 4.67. The third-order valence-electron chi connectivity index (χ3n) is 3.69. The highest BCUT2D eigenvalue weighted by molar-refractivity contribution is 7.93. The molecule has 1 heterocycles. The molecule has 0 spiro atoms. The Labute approximate surface area is 143 Å². The van der Waals surface area contributed by atoms with Crippen molar-refractivity contribution in [2.75, 3.05) is 11.4 Å². The van der Waals surface area contributed by atoms with Crippen LogP contribution in [0.25, 0.3) is 0 Å². The van der Waals surface area contributed by atoms with Crippen LogP contribution in [-0.2, 0) is 19.6 Å². The van der Waals surface area contributed by atoms with Crippen molar-refractivity contribution < 1.29 is 22.7 Å². The molecule has 24 heavy (non-hydrogen) atoms. The summed E-state index contributed by atoms with van der Waals surface area (Å²) in [7, 11) is -3.08. The summed E-state index contributed by atoms with van der Waals surface area (Å²) in [5, 5.41) is 0.0992. The predicted molar refractivity (Wildman–Crippen MR) is 87.7 cm³/mol. The van der Waals surface area contributed by atoms with E-state index in [-0.39, 0.29) is 21.2 Å². The minimum Gasteiger partial charge on any atom is -0.467 e. The maximum atomic E-state index is 13.0. The highest BCUT2D eigenvalue weighted by Gasteiger charge is 2.48. The second-order valence-electron chi connectivity index (χ2n) is 5.04. The first kappa shape index (κ1) is 16.5. The highest BCUT2D eigenvalue weighted by atomic mass is 35.5. The van der Waals surface area contributed by atoms with Gasteiger partial charge in [0.25, 0.3) is 10.0 Å². The zero-order chi connectivity index (χ0) is 17.5. The van der Waals surface area contributed by atoms with E-state index in [2.05, 4.69) is 4.74 Å². The molecule has 0 saturated carbocycles. The molecule has 0 saturated heterocycles. The van der Waals surface area contributed by atoms with Crippen molar-refractivity contribution in [3.63, 3.8) is 0 Å². The van der Waals surface area contributed by atoms with E-state index in [0.717, 1.165) is 11.4 Å². The molecule has 124 valence electrons. The number of methoxy groups -OCH3 is 1. The van der Waals surface area contributed by atoms with Gasteiger partial charge in [-0.05, 0) is 24.3 Å². The Hall–Kier alpha value is -2.38. The average Bonchev–Trinajstić information content (AvgIpc) is 2.58. The van der Waals surface area contributed by atoms with Gasteiger partial charge in [-0.15, -0.1) is 0 Å². The number of para-hydroxylation sites is 1. The molecule has 3 rings (SSSR count). The number of benzene rings is 2. The zero-order valence-electron chi connectivity index (χ0n) is 12.5. The Kier molecular flexibility index (Phi) is 4.06. The number of anilines is 1. The quantitative estimate of drug-likeness (QED) is 0.602. The lowest BCUT2D eigenvalue weighted by atomic mass is 10.0. The molecule has 6 nitrogen and oxygen atoms in total. The molecular weight excluding hydrogens is 354 g/mol. The highest BCUT2D eigenvalue weighted by Crippen LogP contribution is 2.37. The molecule has 0 fully saturated rings. The Morgan fingerprint density at radius 1 is 1.12 bits per heavy atom. The second kappa shape index (κ2) is 5.92. The molecule has 0 bridgehead atoms. The van der Waals surface area contributed by atoms with Crippen LogP contribution in [0.15, 0.2) is 53.4 Å². The molecule has 0 radical (unpaired) electrons. The summed E-state index contributed by atoms with van der Waals surface area (Å²) in [6, 6.07) is 10.2. The van der Waals surface area contributed by atoms with Crippen LogP contribution in [-0.4, -0.2) is 33.3 Å². The number of hydrogen-bond donors (Lipinski definition) is 0. The van der Waals surface area contributed by atoms with Crippen molar-refractivity contribution in [1.29, 1.82) is 0 Å². The summed E-state index contributed by atoms with van der Waals surface area (Å²) in [5.74, 6) is -1.63. The molecule has 0 amide bonds. The van der Waals surface area contributed by atoms with Crippen molar-refractivity contribution in [3.05, 3.63) is 59.1 Å². The molecule has 2 aromatic rings. The Morgan fingerprint density at radius 2 is 1.75 bits per heavy atom. The van der Waals surface area contributed by atoms with E-state index in [1.807, 2.05) is 0 Å². The monoisotopic (exact) mass is 365 g/mol. The molecule has 1 aliphatic heterocycles. The molecule has 0 aromatic heterocycles. The van der Waals surface area contributed by atoms with Gasteiger partial charge < -0.3 is 4.74 Å². The minimum atomic E-state index is -4.17. The Morgan fingerprint density at radius 3 is 2.42 bits per heavy atom. The number of ether oxygens (including phenoxy) is 1. The fraction of sp³-hybridized carbons (Fsp3) is 0.125. The van der Waals surface area contributed by atoms with Gasteiger partial charge in [0.1, 0.15) is 0 Å². The summed E-state index contributed by atoms with van der Waals surface area (Å²) in [5.41, 5.74) is -0.00590. The van der Waals surface area contributed by atoms with E-state index in [0.29, 0.717) is 0 Å². The summed E-state index contributed by atoms with van der Waals surface area (Å²) >= 11 is 6.10. The van der Waals surface area contributed by atoms with Crippen LogP contribution in [0.1, 0.15) is 10.4 Å². The molecule has 0 N–H and O–H groups in total. The van der Waals surface area contributed by atoms with Crippen LogP contribution >= 0.6 is 11.6 Å². The van der Waals surface area contributed by atoms with Gasteiger partial charge in [-0.3, -0.25) is 4.79 Å². The van der Waals surface area contributed by atoms with Crippen LogP contribution in [0.4, 0.5) is 5.69 Å². The summed E-state index contributed by atoms with van der Waals surface area (Å²) in [6.07, 6.45) is 0. The number of carbonyl (C=O) groups is 2. The van der Waals surface area contributed by atoms with Gasteiger partial charge in [-0.1, -0.05) is 35.9 Å². The number of rotatable bonds is 2. The number of fused-ring (bicyclic) bond motifs is 1. The van der Waals surface area contributed by atoms with Gasteiger partial charge >= 0.3 is 5.97 Å². The zero-order valence-corrected chi connectivity index (χ0v) is 14.0. The van der Waals surface area contributed by atoms with Crippen molar-refractivity contribution in [1.82, 2.24) is 0 Å². The van der Waals surface area contributed by atoms with Gasteiger partial charge in [-0.2, -0.15) is 0 Å². The van der Waals surface area contributed by atoms with E-state index in [9.17, 15) is 18.0 Å². The third-order valence-corrected chi connectivity index (χ3v) is 5.84. The van der Waals surface area contributed by atoms with E-state index in [1.165, 1.54) is 36.4 Å². The van der Waals surface area contributed by atoms with Crippen LogP contribution in [0.5, 0.6) is 0 Å². The smallest absolute Gasteiger partial charge is 0.337 e. The molecule has 2 aromatic carbocycles. The van der Waals surface area contributed by atoms with Gasteiger partial charge in [0.2, 0.25) is 6.04 Å². The van der Waals surface area contributed by atoms with Crippen molar-refractivity contribution in [2.45, 2.75) is 10.9 Å². The maximum absolute atomic E-state index is 13.0. The standard InChI is InChI=1S/C16H12ClNO5S/c1-23-16(20)14-15(19)10-6-2-5-9-13(10)24(21,22)18(14)12-8-4-3-7-11(12)17/h2-9,14H,1H3. The minimum absolute atomic E-state index is 0.0393. The van der Waals surface area contributed by atoms with Gasteiger partial charge in [0.05, 0.1) is 22.7 Å². The predicted octanol–water partition coefficient (Wildman–Crippen LogP) is 2.27. The number of halogens is 1. The van der Waals surface area contributed by atoms with Crippen LogP contribution < -0.4 is 4.31 Å². The first-order chi connectivity index (χ1) is 11.4. The molecule has 1 unspecified atom stereocenters. The maximum Gasteiger partial charge on any atom is 0.337 e. The van der Waals surface area contributed by atoms with Gasteiger partial charge in [-0.25, -0.2) is 17.5 Å². The number of sulfonamides is 1. The topological polar surface area (TPSA) is 80.8 Å². The summed E-state index contributed by atoms with van der Waals surface area (Å²) < 4.78 is 31.5. The van der Waals surface area contributed by atoms with Crippen molar-refractivity contribution in [2.24, 2.45) is 0 Å². The number of Topliss-reactive ketones (excluding diaryl/α,β-unsaturated/α-hetero) is 1. The lowest BCUT2D eigenvalue weighted by molar-refractivity contribution is -0.140. The first-order valence-electron chi connectivity index (χ1n) is 6.89. The molecule has 1 atom stereocenters. The molecule has 8 heteroatoms. The van der Waals surface area contributed by atoms with E-state index < -0.39 is 27.8 Å². The summed E-state index contributed by atoms with van der Waals surface area (Å²) in [6.45, 7) is 0. The first-order valence-corrected chi connectivity index (χ1v) is 8.71. The van der Waals surface area contributed by atoms with E-state index >= 15 is 0 Å². The number of esters is 1. The SMILES string of the molecule is COC(=O)C1C(=O)c2ccccc2S(=O)(=O)N1c1ccccc1Cl. The number of nitrogens with zero attached hydrogens (tertiary/aromatic N) is 1. The molecule has 0 aliphatic carbocycles. The van der Waals surface area contributed by atoms with Crippen LogP contribution in [0, 0.1) is 0 Å². The lowest BCUT2D eigenvalue weighted by Gasteiger charge is -2.34. The van der Waals surface area contributed by atoms with Crippen molar-refractivity contribution >= 4 is 39.1 Å². The van der Waals surface area contributed by atoms with Crippen LogP contribution in [0.3, 0.4) is 0 Å². The number of hydrogen-bond acceptors (Lipinski definition) is 5. The number of carbonyl (C=O) groups excluding carboxylic acids is 2. The largest absolute Gasteiger partial charge is 0.467 e. The van der Waals surface area contributed by atoms with Crippen molar-refractivity contribution in [3.8, 4) is 0 Å². The lowest BCUT2D eigenvalue weighted by Crippen LogP contribution is -2.54. The van der Waals surface area contributed by atoms with E-state index in [1.54, 1.807) is 12.1 Å².